The molecule has 2 bridgehead atoms. The number of pyridine rings is 1. The SMILES string of the molecule is Cc1ccc2c(N)c3c(nc2c1)[C@@H]1Oc2c(O)ccc4c2[C@@]12CCN(CC1CC1)[C@H](C4)[C@]2(O)C3. The number of phenolic OH excluding ortho intramolecular Hbond substituents is 1. The average Bonchev–Trinajstić information content (AvgIpc) is 3.55. The van der Waals surface area contributed by atoms with Crippen molar-refractivity contribution < 1.29 is 14.9 Å². The maximum Gasteiger partial charge on any atom is 0.166 e. The molecule has 174 valence electrons. The van der Waals surface area contributed by atoms with E-state index < -0.39 is 17.1 Å². The molecule has 0 radical (unpaired) electrons. The predicted octanol–water partition coefficient (Wildman–Crippen LogP) is 3.53. The third-order valence-electron chi connectivity index (χ3n) is 9.53. The Hall–Kier alpha value is -2.83. The van der Waals surface area contributed by atoms with Crippen molar-refractivity contribution in [1.82, 2.24) is 9.88 Å². The number of phenols is 1. The molecule has 1 aromatic heterocycles. The minimum atomic E-state index is -1.03. The molecule has 1 spiro atoms. The van der Waals surface area contributed by atoms with Crippen molar-refractivity contribution >= 4 is 16.6 Å². The summed E-state index contributed by atoms with van der Waals surface area (Å²) in [4.78, 5) is 7.65. The van der Waals surface area contributed by atoms with Crippen LogP contribution in [0.5, 0.6) is 11.5 Å². The second kappa shape index (κ2) is 6.04. The number of ether oxygens (including phenoxy) is 1. The normalized spacial score (nSPS) is 32.9. The van der Waals surface area contributed by atoms with Gasteiger partial charge in [0.05, 0.1) is 22.2 Å². The molecule has 34 heavy (non-hydrogen) atoms. The first-order valence-corrected chi connectivity index (χ1v) is 12.6. The van der Waals surface area contributed by atoms with Crippen LogP contribution in [-0.2, 0) is 18.3 Å². The van der Waals surface area contributed by atoms with Crippen LogP contribution in [-0.4, -0.2) is 44.8 Å². The topological polar surface area (TPSA) is 91.8 Å². The van der Waals surface area contributed by atoms with Crippen LogP contribution >= 0.6 is 0 Å². The summed E-state index contributed by atoms with van der Waals surface area (Å²) in [6, 6.07) is 9.95. The first-order chi connectivity index (χ1) is 16.4. The lowest BCUT2D eigenvalue weighted by atomic mass is 9.48. The van der Waals surface area contributed by atoms with Crippen LogP contribution in [0.2, 0.25) is 0 Å². The minimum Gasteiger partial charge on any atom is -0.504 e. The molecule has 1 saturated heterocycles. The van der Waals surface area contributed by atoms with E-state index in [1.807, 2.05) is 12.1 Å². The zero-order chi connectivity index (χ0) is 23.0. The molecule has 8 rings (SSSR count). The van der Waals surface area contributed by atoms with E-state index in [1.54, 1.807) is 6.07 Å². The van der Waals surface area contributed by atoms with E-state index in [9.17, 15) is 10.2 Å². The zero-order valence-corrected chi connectivity index (χ0v) is 19.3. The molecule has 3 aliphatic carbocycles. The number of aromatic nitrogens is 1. The third kappa shape index (κ3) is 2.13. The highest BCUT2D eigenvalue weighted by Crippen LogP contribution is 2.69. The van der Waals surface area contributed by atoms with Crippen LogP contribution in [0.15, 0.2) is 30.3 Å². The quantitative estimate of drug-likeness (QED) is 0.548. The standard InChI is InChI=1S/C28H29N3O3/c1-14-2-6-17-19(10-14)30-24-18(23(17)29)12-28(33)21-11-16-5-7-20(32)25-22(16)27(28,26(24)34-25)8-9-31(21)13-15-3-4-15/h2,5-7,10,15,21,26,32-33H,3-4,8-9,11-13H2,1H3,(H2,29,30)/t21-,26+,27+,28-/m1/s1. The van der Waals surface area contributed by atoms with Gasteiger partial charge in [-0.15, -0.1) is 0 Å². The molecular weight excluding hydrogens is 426 g/mol. The van der Waals surface area contributed by atoms with Crippen molar-refractivity contribution in [2.24, 2.45) is 5.92 Å². The molecule has 6 heteroatoms. The molecular formula is C28H29N3O3. The molecule has 0 amide bonds. The summed E-state index contributed by atoms with van der Waals surface area (Å²) < 4.78 is 6.62. The van der Waals surface area contributed by atoms with E-state index in [0.29, 0.717) is 17.9 Å². The summed E-state index contributed by atoms with van der Waals surface area (Å²) >= 11 is 0. The predicted molar refractivity (Wildman–Crippen MR) is 129 cm³/mol. The van der Waals surface area contributed by atoms with Crippen molar-refractivity contribution in [1.29, 1.82) is 0 Å². The number of likely N-dealkylation sites (tertiary alicyclic amines) is 1. The van der Waals surface area contributed by atoms with Gasteiger partial charge in [0.25, 0.3) is 0 Å². The van der Waals surface area contributed by atoms with Gasteiger partial charge in [0.1, 0.15) is 0 Å². The van der Waals surface area contributed by atoms with Crippen molar-refractivity contribution in [3.05, 3.63) is 58.3 Å². The number of nitrogens with two attached hydrogens (primary N) is 1. The third-order valence-corrected chi connectivity index (χ3v) is 9.53. The molecule has 3 aromatic rings. The molecule has 0 unspecified atom stereocenters. The zero-order valence-electron chi connectivity index (χ0n) is 19.3. The molecule has 4 N–H and O–H groups in total. The van der Waals surface area contributed by atoms with Gasteiger partial charge in [-0.2, -0.15) is 0 Å². The summed E-state index contributed by atoms with van der Waals surface area (Å²) in [5.41, 5.74) is 11.8. The fourth-order valence-corrected chi connectivity index (χ4v) is 7.79. The van der Waals surface area contributed by atoms with E-state index in [2.05, 4.69) is 24.0 Å². The Morgan fingerprint density at radius 3 is 2.91 bits per heavy atom. The van der Waals surface area contributed by atoms with Crippen molar-refractivity contribution in [2.75, 3.05) is 18.8 Å². The van der Waals surface area contributed by atoms with E-state index >= 15 is 0 Å². The van der Waals surface area contributed by atoms with Crippen molar-refractivity contribution in [3.63, 3.8) is 0 Å². The van der Waals surface area contributed by atoms with Gasteiger partial charge in [0.15, 0.2) is 17.6 Å². The van der Waals surface area contributed by atoms with Crippen LogP contribution < -0.4 is 10.5 Å². The molecule has 3 heterocycles. The molecule has 6 nitrogen and oxygen atoms in total. The Labute approximate surface area is 198 Å². The number of nitrogen functional groups attached to an aromatic ring is 1. The lowest BCUT2D eigenvalue weighted by molar-refractivity contribution is -0.173. The average molecular weight is 456 g/mol. The van der Waals surface area contributed by atoms with Gasteiger partial charge in [-0.25, -0.2) is 4.98 Å². The van der Waals surface area contributed by atoms with Gasteiger partial charge in [0, 0.05) is 41.2 Å². The minimum absolute atomic E-state index is 0.00259. The molecule has 2 fully saturated rings. The Morgan fingerprint density at radius 2 is 2.09 bits per heavy atom. The number of nitrogens with zero attached hydrogens (tertiary/aromatic N) is 2. The number of piperidine rings is 1. The summed E-state index contributed by atoms with van der Waals surface area (Å²) in [6.07, 6.45) is 4.13. The lowest BCUT2D eigenvalue weighted by Crippen LogP contribution is -2.74. The number of aromatic hydroxyl groups is 1. The number of aliphatic hydroxyl groups is 1. The highest BCUT2D eigenvalue weighted by atomic mass is 16.5. The van der Waals surface area contributed by atoms with Gasteiger partial charge in [-0.3, -0.25) is 4.90 Å². The number of rotatable bonds is 2. The fourth-order valence-electron chi connectivity index (χ4n) is 7.79. The lowest BCUT2D eigenvalue weighted by Gasteiger charge is -2.63. The number of anilines is 1. The highest BCUT2D eigenvalue weighted by Gasteiger charge is 2.73. The van der Waals surface area contributed by atoms with Crippen LogP contribution in [0, 0.1) is 12.8 Å². The number of fused-ring (bicyclic) bond motifs is 3. The number of aryl methyl sites for hydroxylation is 1. The summed E-state index contributed by atoms with van der Waals surface area (Å²) in [5, 5.41) is 24.6. The van der Waals surface area contributed by atoms with Crippen LogP contribution in [0.3, 0.4) is 0 Å². The highest BCUT2D eigenvalue weighted by molar-refractivity contribution is 5.93. The van der Waals surface area contributed by atoms with E-state index in [0.717, 1.165) is 65.1 Å². The number of hydrogen-bond acceptors (Lipinski definition) is 6. The molecule has 1 saturated carbocycles. The maximum atomic E-state index is 12.8. The van der Waals surface area contributed by atoms with Crippen LogP contribution in [0.25, 0.3) is 10.9 Å². The number of hydrogen-bond donors (Lipinski definition) is 3. The van der Waals surface area contributed by atoms with Gasteiger partial charge < -0.3 is 20.7 Å². The van der Waals surface area contributed by atoms with Gasteiger partial charge in [-0.1, -0.05) is 18.2 Å². The maximum absolute atomic E-state index is 12.8. The molecule has 4 atom stereocenters. The number of benzene rings is 2. The van der Waals surface area contributed by atoms with Crippen LogP contribution in [0.4, 0.5) is 5.69 Å². The summed E-state index contributed by atoms with van der Waals surface area (Å²) in [7, 11) is 0. The Morgan fingerprint density at radius 1 is 1.24 bits per heavy atom. The Bertz CT molecular complexity index is 1420. The van der Waals surface area contributed by atoms with E-state index in [4.69, 9.17) is 15.5 Å². The van der Waals surface area contributed by atoms with Crippen molar-refractivity contribution in [3.8, 4) is 11.5 Å². The summed E-state index contributed by atoms with van der Waals surface area (Å²) in [6.45, 7) is 4.03. The van der Waals surface area contributed by atoms with Crippen LogP contribution in [0.1, 0.15) is 53.3 Å². The van der Waals surface area contributed by atoms with E-state index in [1.165, 1.54) is 18.4 Å². The van der Waals surface area contributed by atoms with Gasteiger partial charge >= 0.3 is 0 Å². The molecule has 2 aliphatic heterocycles. The van der Waals surface area contributed by atoms with E-state index in [-0.39, 0.29) is 11.8 Å². The molecule has 2 aromatic carbocycles. The first kappa shape index (κ1) is 19.5. The largest absolute Gasteiger partial charge is 0.504 e. The van der Waals surface area contributed by atoms with Crippen molar-refractivity contribution in [2.45, 2.75) is 62.2 Å². The summed E-state index contributed by atoms with van der Waals surface area (Å²) in [5.74, 6) is 1.43. The Balaban J connectivity index is 1.42. The fraction of sp³-hybridized carbons (Fsp3) is 0.464. The first-order valence-electron chi connectivity index (χ1n) is 12.6. The Kier molecular flexibility index (Phi) is 3.46. The van der Waals surface area contributed by atoms with Gasteiger partial charge in [-0.05, 0) is 68.3 Å². The smallest absolute Gasteiger partial charge is 0.166 e. The second-order valence-electron chi connectivity index (χ2n) is 11.3. The van der Waals surface area contributed by atoms with Gasteiger partial charge in [0.2, 0.25) is 0 Å². The second-order valence-corrected chi connectivity index (χ2v) is 11.3. The monoisotopic (exact) mass is 455 g/mol. The molecule has 5 aliphatic rings.